The lowest BCUT2D eigenvalue weighted by atomic mass is 10.2. The number of nitrogens with zero attached hydrogens (tertiary/aromatic N) is 2. The molecular formula is C20H20ClF4N3O3S. The van der Waals surface area contributed by atoms with Gasteiger partial charge in [-0.15, -0.1) is 0 Å². The van der Waals surface area contributed by atoms with Crippen molar-refractivity contribution in [2.75, 3.05) is 31.5 Å². The Balaban J connectivity index is 1.67. The summed E-state index contributed by atoms with van der Waals surface area (Å²) in [6.07, 6.45) is -4.81. The van der Waals surface area contributed by atoms with Crippen molar-refractivity contribution in [3.63, 3.8) is 0 Å². The number of nitrogens with one attached hydrogen (secondary N) is 1. The normalized spacial score (nSPS) is 17.2. The van der Waals surface area contributed by atoms with Gasteiger partial charge in [-0.25, -0.2) is 12.8 Å². The molecular weight excluding hydrogens is 474 g/mol. The van der Waals surface area contributed by atoms with E-state index in [0.717, 1.165) is 34.6 Å². The van der Waals surface area contributed by atoms with Gasteiger partial charge in [-0.1, -0.05) is 23.7 Å². The molecule has 0 saturated carbocycles. The molecule has 1 aliphatic heterocycles. The average Bonchev–Trinajstić information content (AvgIpc) is 2.74. The molecule has 174 valence electrons. The number of rotatable bonds is 5. The van der Waals surface area contributed by atoms with Gasteiger partial charge in [0.2, 0.25) is 15.9 Å². The van der Waals surface area contributed by atoms with E-state index in [0.29, 0.717) is 0 Å². The number of benzene rings is 2. The number of piperazine rings is 1. The molecule has 0 unspecified atom stereocenters. The van der Waals surface area contributed by atoms with Crippen LogP contribution in [0.4, 0.5) is 23.2 Å². The molecule has 0 aromatic heterocycles. The van der Waals surface area contributed by atoms with Crippen LogP contribution >= 0.6 is 11.6 Å². The van der Waals surface area contributed by atoms with Gasteiger partial charge < -0.3 is 5.32 Å². The van der Waals surface area contributed by atoms with Crippen molar-refractivity contribution in [1.82, 2.24) is 9.21 Å². The van der Waals surface area contributed by atoms with Gasteiger partial charge in [0.1, 0.15) is 5.82 Å². The molecule has 1 fully saturated rings. The van der Waals surface area contributed by atoms with E-state index < -0.39 is 44.4 Å². The number of sulfonamides is 1. The first-order valence-electron chi connectivity index (χ1n) is 9.57. The maximum absolute atomic E-state index is 13.3. The molecule has 0 spiro atoms. The summed E-state index contributed by atoms with van der Waals surface area (Å²) in [5.41, 5.74) is -0.985. The SMILES string of the molecule is C[C@@H](C(=O)Nc1ccc(F)cc1Cl)N1CCN(S(=O)(=O)c2ccccc2C(F)(F)F)CC1. The van der Waals surface area contributed by atoms with E-state index >= 15 is 0 Å². The topological polar surface area (TPSA) is 69.7 Å². The fourth-order valence-electron chi connectivity index (χ4n) is 3.39. The molecule has 0 radical (unpaired) electrons. The number of hydrogen-bond donors (Lipinski definition) is 1. The van der Waals surface area contributed by atoms with E-state index in [1.54, 1.807) is 11.8 Å². The number of carbonyl (C=O) groups is 1. The maximum atomic E-state index is 13.3. The lowest BCUT2D eigenvalue weighted by Gasteiger charge is -2.37. The molecule has 1 saturated heterocycles. The second kappa shape index (κ2) is 9.34. The highest BCUT2D eigenvalue weighted by atomic mass is 35.5. The van der Waals surface area contributed by atoms with Gasteiger partial charge >= 0.3 is 6.18 Å². The monoisotopic (exact) mass is 493 g/mol. The van der Waals surface area contributed by atoms with Crippen molar-refractivity contribution in [3.8, 4) is 0 Å². The maximum Gasteiger partial charge on any atom is 0.417 e. The summed E-state index contributed by atoms with van der Waals surface area (Å²) in [6, 6.07) is 6.90. The quantitative estimate of drug-likeness (QED) is 0.643. The van der Waals surface area contributed by atoms with Crippen molar-refractivity contribution in [2.45, 2.75) is 24.0 Å². The highest BCUT2D eigenvalue weighted by Gasteiger charge is 2.40. The summed E-state index contributed by atoms with van der Waals surface area (Å²) in [6.45, 7) is 1.72. The fraction of sp³-hybridized carbons (Fsp3) is 0.350. The van der Waals surface area contributed by atoms with E-state index in [4.69, 9.17) is 11.6 Å². The standard InChI is InChI=1S/C20H20ClF4N3O3S/c1-13(19(29)26-17-7-6-14(22)12-16(17)21)27-8-10-28(11-9-27)32(30,31)18-5-3-2-4-15(18)20(23,24)25/h2-7,12-13H,8-11H2,1H3,(H,26,29)/t13-/m0/s1. The van der Waals surface area contributed by atoms with E-state index in [1.807, 2.05) is 0 Å². The number of alkyl halides is 3. The van der Waals surface area contributed by atoms with E-state index in [2.05, 4.69) is 5.32 Å². The zero-order chi connectivity index (χ0) is 23.7. The van der Waals surface area contributed by atoms with Crippen LogP contribution in [0.2, 0.25) is 5.02 Å². The van der Waals surface area contributed by atoms with Crippen LogP contribution in [0.3, 0.4) is 0 Å². The highest BCUT2D eigenvalue weighted by molar-refractivity contribution is 7.89. The van der Waals surface area contributed by atoms with Gasteiger partial charge in [0, 0.05) is 26.2 Å². The minimum atomic E-state index is -4.81. The van der Waals surface area contributed by atoms with Gasteiger partial charge in [0.05, 0.1) is 27.2 Å². The highest BCUT2D eigenvalue weighted by Crippen LogP contribution is 2.35. The molecule has 2 aromatic rings. The Kier molecular flexibility index (Phi) is 7.13. The largest absolute Gasteiger partial charge is 0.417 e. The molecule has 12 heteroatoms. The lowest BCUT2D eigenvalue weighted by Crippen LogP contribution is -2.54. The summed E-state index contributed by atoms with van der Waals surface area (Å²) in [5.74, 6) is -0.984. The summed E-state index contributed by atoms with van der Waals surface area (Å²) < 4.78 is 79.6. The van der Waals surface area contributed by atoms with Crippen LogP contribution in [-0.4, -0.2) is 55.8 Å². The molecule has 1 N–H and O–H groups in total. The Morgan fingerprint density at radius 3 is 2.31 bits per heavy atom. The van der Waals surface area contributed by atoms with E-state index in [-0.39, 0.29) is 36.9 Å². The third-order valence-corrected chi connectivity index (χ3v) is 7.47. The number of carbonyl (C=O) groups excluding carboxylic acids is 1. The number of amides is 1. The first-order chi connectivity index (χ1) is 14.9. The minimum Gasteiger partial charge on any atom is -0.323 e. The molecule has 2 aromatic carbocycles. The van der Waals surface area contributed by atoms with E-state index in [1.165, 1.54) is 12.1 Å². The van der Waals surface area contributed by atoms with Gasteiger partial charge in [0.25, 0.3) is 0 Å². The second-order valence-electron chi connectivity index (χ2n) is 7.22. The lowest BCUT2D eigenvalue weighted by molar-refractivity contribution is -0.140. The van der Waals surface area contributed by atoms with Gasteiger partial charge in [-0.2, -0.15) is 17.5 Å². The number of halogens is 5. The molecule has 0 aliphatic carbocycles. The molecule has 1 amide bonds. The Labute approximate surface area is 187 Å². The number of anilines is 1. The van der Waals surface area contributed by atoms with Gasteiger partial charge in [0.15, 0.2) is 0 Å². The first-order valence-corrected chi connectivity index (χ1v) is 11.4. The molecule has 0 bridgehead atoms. The molecule has 1 atom stereocenters. The van der Waals surface area contributed by atoms with Crippen molar-refractivity contribution in [3.05, 3.63) is 58.9 Å². The van der Waals surface area contributed by atoms with Crippen LogP contribution in [0.15, 0.2) is 47.4 Å². The van der Waals surface area contributed by atoms with Crippen LogP contribution in [0.25, 0.3) is 0 Å². The van der Waals surface area contributed by atoms with Crippen LogP contribution in [0.1, 0.15) is 12.5 Å². The Morgan fingerprint density at radius 1 is 1.09 bits per heavy atom. The number of hydrogen-bond acceptors (Lipinski definition) is 4. The van der Waals surface area contributed by atoms with Crippen LogP contribution in [-0.2, 0) is 21.0 Å². The first kappa shape index (κ1) is 24.4. The summed E-state index contributed by atoms with van der Waals surface area (Å²) in [7, 11) is -4.37. The Bertz CT molecular complexity index is 1100. The Hall–Kier alpha value is -2.21. The molecule has 3 rings (SSSR count). The summed E-state index contributed by atoms with van der Waals surface area (Å²) in [4.78, 5) is 13.5. The summed E-state index contributed by atoms with van der Waals surface area (Å²) in [5, 5.41) is 2.62. The van der Waals surface area contributed by atoms with Crippen molar-refractivity contribution in [2.24, 2.45) is 0 Å². The van der Waals surface area contributed by atoms with Gasteiger partial charge in [-0.3, -0.25) is 9.69 Å². The van der Waals surface area contributed by atoms with Gasteiger partial charge in [-0.05, 0) is 37.3 Å². The predicted molar refractivity (Wildman–Crippen MR) is 111 cm³/mol. The van der Waals surface area contributed by atoms with E-state index in [9.17, 15) is 30.8 Å². The van der Waals surface area contributed by atoms with Crippen molar-refractivity contribution < 1.29 is 30.8 Å². The molecule has 1 aliphatic rings. The Morgan fingerprint density at radius 2 is 1.72 bits per heavy atom. The fourth-order valence-corrected chi connectivity index (χ4v) is 5.24. The van der Waals surface area contributed by atoms with Crippen LogP contribution in [0, 0.1) is 5.82 Å². The van der Waals surface area contributed by atoms with Crippen LogP contribution < -0.4 is 5.32 Å². The smallest absolute Gasteiger partial charge is 0.323 e. The minimum absolute atomic E-state index is 0.0322. The summed E-state index contributed by atoms with van der Waals surface area (Å²) >= 11 is 5.91. The predicted octanol–water partition coefficient (Wildman–Crippen LogP) is 3.83. The molecule has 1 heterocycles. The molecule has 6 nitrogen and oxygen atoms in total. The van der Waals surface area contributed by atoms with Crippen molar-refractivity contribution in [1.29, 1.82) is 0 Å². The van der Waals surface area contributed by atoms with Crippen molar-refractivity contribution >= 4 is 33.2 Å². The zero-order valence-electron chi connectivity index (χ0n) is 16.9. The third-order valence-electron chi connectivity index (χ3n) is 5.20. The molecule has 32 heavy (non-hydrogen) atoms. The van der Waals surface area contributed by atoms with Crippen LogP contribution in [0.5, 0.6) is 0 Å². The third kappa shape index (κ3) is 5.22. The average molecular weight is 494 g/mol. The second-order valence-corrected chi connectivity index (χ2v) is 9.54. The zero-order valence-corrected chi connectivity index (χ0v) is 18.4.